The van der Waals surface area contributed by atoms with Crippen LogP contribution in [0.4, 0.5) is 0 Å². The first-order valence-electron chi connectivity index (χ1n) is 6.89. The van der Waals surface area contributed by atoms with Crippen molar-refractivity contribution in [2.75, 3.05) is 13.7 Å². The molecule has 0 saturated carbocycles. The maximum atomic E-state index is 12.2. The van der Waals surface area contributed by atoms with E-state index in [0.29, 0.717) is 0 Å². The van der Waals surface area contributed by atoms with Crippen molar-refractivity contribution in [3.05, 3.63) is 23.8 Å². The molecular formula is C15H20N2O6. The third-order valence-corrected chi connectivity index (χ3v) is 3.02. The van der Waals surface area contributed by atoms with Crippen LogP contribution in [-0.4, -0.2) is 42.6 Å². The van der Waals surface area contributed by atoms with Gasteiger partial charge in [-0.25, -0.2) is 4.79 Å². The summed E-state index contributed by atoms with van der Waals surface area (Å²) in [5, 5.41) is 11.5. The van der Waals surface area contributed by atoms with Crippen LogP contribution in [0.3, 0.4) is 0 Å². The molecule has 2 amide bonds. The second-order valence-corrected chi connectivity index (χ2v) is 5.15. The summed E-state index contributed by atoms with van der Waals surface area (Å²) in [7, 11) is 1.38. The number of hydrogen-bond acceptors (Lipinski definition) is 5. The van der Waals surface area contributed by atoms with E-state index in [2.05, 4.69) is 5.32 Å². The highest BCUT2D eigenvalue weighted by Crippen LogP contribution is 2.28. The first-order chi connectivity index (χ1) is 10.8. The number of benzene rings is 1. The van der Waals surface area contributed by atoms with E-state index in [4.69, 9.17) is 20.3 Å². The average Bonchev–Trinajstić information content (AvgIpc) is 2.49. The average molecular weight is 324 g/mol. The fraction of sp³-hybridized carbons (Fsp3) is 0.400. The van der Waals surface area contributed by atoms with Crippen LogP contribution in [0.25, 0.3) is 0 Å². The topological polar surface area (TPSA) is 128 Å². The smallest absolute Gasteiger partial charge is 0.326 e. The molecule has 0 fully saturated rings. The molecule has 8 nitrogen and oxygen atoms in total. The quantitative estimate of drug-likeness (QED) is 0.635. The highest BCUT2D eigenvalue weighted by Gasteiger charge is 2.24. The van der Waals surface area contributed by atoms with Crippen molar-refractivity contribution in [1.29, 1.82) is 0 Å². The van der Waals surface area contributed by atoms with Gasteiger partial charge in [-0.2, -0.15) is 0 Å². The minimum Gasteiger partial charge on any atom is -0.493 e. The maximum Gasteiger partial charge on any atom is 0.326 e. The molecule has 0 aliphatic carbocycles. The van der Waals surface area contributed by atoms with Gasteiger partial charge in [0.2, 0.25) is 0 Å². The molecule has 23 heavy (non-hydrogen) atoms. The highest BCUT2D eigenvalue weighted by molar-refractivity contribution is 5.97. The van der Waals surface area contributed by atoms with E-state index < -0.39 is 23.8 Å². The second kappa shape index (κ2) is 8.02. The van der Waals surface area contributed by atoms with Crippen LogP contribution in [-0.2, 0) is 9.59 Å². The van der Waals surface area contributed by atoms with Gasteiger partial charge < -0.3 is 25.6 Å². The second-order valence-electron chi connectivity index (χ2n) is 5.15. The van der Waals surface area contributed by atoms with E-state index >= 15 is 0 Å². The molecule has 0 bridgehead atoms. The summed E-state index contributed by atoms with van der Waals surface area (Å²) < 4.78 is 10.3. The lowest BCUT2D eigenvalue weighted by atomic mass is 10.0. The molecule has 0 saturated heterocycles. The van der Waals surface area contributed by atoms with Gasteiger partial charge in [-0.05, 0) is 24.1 Å². The summed E-state index contributed by atoms with van der Waals surface area (Å²) in [6.45, 7) is 3.07. The molecule has 126 valence electrons. The summed E-state index contributed by atoms with van der Waals surface area (Å²) in [4.78, 5) is 34.0. The van der Waals surface area contributed by atoms with E-state index in [1.807, 2.05) is 0 Å². The molecule has 1 unspecified atom stereocenters. The fourth-order valence-corrected chi connectivity index (χ4v) is 1.82. The molecule has 0 heterocycles. The third kappa shape index (κ3) is 5.17. The van der Waals surface area contributed by atoms with Gasteiger partial charge in [0.25, 0.3) is 11.8 Å². The number of hydrogen-bond donors (Lipinski definition) is 3. The van der Waals surface area contributed by atoms with Crippen LogP contribution >= 0.6 is 0 Å². The first-order valence-corrected chi connectivity index (χ1v) is 6.89. The van der Waals surface area contributed by atoms with Crippen LogP contribution in [0.1, 0.15) is 24.2 Å². The molecule has 1 aromatic carbocycles. The molecule has 0 aromatic heterocycles. The van der Waals surface area contributed by atoms with Gasteiger partial charge in [0.15, 0.2) is 18.1 Å². The molecule has 4 N–H and O–H groups in total. The monoisotopic (exact) mass is 324 g/mol. The van der Waals surface area contributed by atoms with Crippen molar-refractivity contribution >= 4 is 17.8 Å². The molecule has 0 spiro atoms. The zero-order valence-corrected chi connectivity index (χ0v) is 13.2. The van der Waals surface area contributed by atoms with Crippen LogP contribution in [0.2, 0.25) is 0 Å². The summed E-state index contributed by atoms with van der Waals surface area (Å²) in [6, 6.07) is 3.28. The molecule has 0 aliphatic heterocycles. The van der Waals surface area contributed by atoms with E-state index in [1.165, 1.54) is 25.3 Å². The van der Waals surface area contributed by atoms with Gasteiger partial charge in [0.05, 0.1) is 7.11 Å². The Bertz CT molecular complexity index is 600. The van der Waals surface area contributed by atoms with Crippen LogP contribution in [0, 0.1) is 5.92 Å². The third-order valence-electron chi connectivity index (χ3n) is 3.02. The first kappa shape index (κ1) is 18.3. The normalized spacial score (nSPS) is 11.7. The Morgan fingerprint density at radius 3 is 2.39 bits per heavy atom. The van der Waals surface area contributed by atoms with Crippen LogP contribution in [0.5, 0.6) is 11.5 Å². The van der Waals surface area contributed by atoms with Gasteiger partial charge in [0, 0.05) is 5.56 Å². The van der Waals surface area contributed by atoms with Gasteiger partial charge >= 0.3 is 5.97 Å². The van der Waals surface area contributed by atoms with Crippen molar-refractivity contribution in [1.82, 2.24) is 5.32 Å². The van der Waals surface area contributed by atoms with Crippen LogP contribution in [0.15, 0.2) is 18.2 Å². The molecule has 1 atom stereocenters. The van der Waals surface area contributed by atoms with Crippen LogP contribution < -0.4 is 20.5 Å². The number of primary amides is 1. The Kier molecular flexibility index (Phi) is 6.37. The zero-order chi connectivity index (χ0) is 17.6. The van der Waals surface area contributed by atoms with E-state index in [9.17, 15) is 14.4 Å². The number of ether oxygens (including phenoxy) is 2. The fourth-order valence-electron chi connectivity index (χ4n) is 1.82. The number of methoxy groups -OCH3 is 1. The number of amides is 2. The number of rotatable bonds is 8. The Hall–Kier alpha value is -2.77. The van der Waals surface area contributed by atoms with Crippen molar-refractivity contribution in [2.45, 2.75) is 19.9 Å². The molecule has 0 radical (unpaired) electrons. The van der Waals surface area contributed by atoms with Gasteiger partial charge in [-0.3, -0.25) is 9.59 Å². The molecule has 0 aliphatic rings. The maximum absolute atomic E-state index is 12.2. The van der Waals surface area contributed by atoms with Gasteiger partial charge in [-0.1, -0.05) is 13.8 Å². The number of aliphatic carboxylic acids is 1. The summed E-state index contributed by atoms with van der Waals surface area (Å²) in [5.74, 6) is -2.09. The lowest BCUT2D eigenvalue weighted by Crippen LogP contribution is -2.44. The lowest BCUT2D eigenvalue weighted by molar-refractivity contribution is -0.140. The Balaban J connectivity index is 2.93. The predicted octanol–water partition coefficient (Wildman–Crippen LogP) is 0.398. The van der Waals surface area contributed by atoms with Gasteiger partial charge in [0.1, 0.15) is 6.04 Å². The van der Waals surface area contributed by atoms with Crippen molar-refractivity contribution in [3.8, 4) is 11.5 Å². The number of nitrogens with one attached hydrogen (secondary N) is 1. The number of nitrogens with two attached hydrogens (primary N) is 1. The molecule has 1 aromatic rings. The number of carbonyl (C=O) groups is 3. The Morgan fingerprint density at radius 2 is 1.91 bits per heavy atom. The standard InChI is InChI=1S/C15H20N2O6/c1-8(2)13(15(20)21)17-14(19)9-4-5-10(11(6-9)22-3)23-7-12(16)18/h4-6,8,13H,7H2,1-3H3,(H2,16,18)(H,17,19)(H,20,21). The molecule has 1 rings (SSSR count). The number of carboxylic acid groups (broad SMARTS) is 1. The highest BCUT2D eigenvalue weighted by atomic mass is 16.5. The minimum atomic E-state index is -1.11. The van der Waals surface area contributed by atoms with Crippen molar-refractivity contribution < 1.29 is 29.0 Å². The number of carbonyl (C=O) groups excluding carboxylic acids is 2. The molecule has 8 heteroatoms. The Morgan fingerprint density at radius 1 is 1.26 bits per heavy atom. The Labute approximate surface area is 133 Å². The summed E-state index contributed by atoms with van der Waals surface area (Å²) in [6.07, 6.45) is 0. The zero-order valence-electron chi connectivity index (χ0n) is 13.2. The summed E-state index contributed by atoms with van der Waals surface area (Å²) >= 11 is 0. The summed E-state index contributed by atoms with van der Waals surface area (Å²) in [5.41, 5.74) is 5.21. The predicted molar refractivity (Wildman–Crippen MR) is 81.4 cm³/mol. The van der Waals surface area contributed by atoms with Crippen molar-refractivity contribution in [2.24, 2.45) is 11.7 Å². The van der Waals surface area contributed by atoms with Gasteiger partial charge in [-0.15, -0.1) is 0 Å². The minimum absolute atomic E-state index is 0.208. The lowest BCUT2D eigenvalue weighted by Gasteiger charge is -2.18. The van der Waals surface area contributed by atoms with E-state index in [0.717, 1.165) is 0 Å². The van der Waals surface area contributed by atoms with E-state index in [-0.39, 0.29) is 29.6 Å². The number of carboxylic acids is 1. The van der Waals surface area contributed by atoms with E-state index in [1.54, 1.807) is 13.8 Å². The van der Waals surface area contributed by atoms with Crippen molar-refractivity contribution in [3.63, 3.8) is 0 Å². The SMILES string of the molecule is COc1cc(C(=O)NC(C(=O)O)C(C)C)ccc1OCC(N)=O. The largest absolute Gasteiger partial charge is 0.493 e. The molecular weight excluding hydrogens is 304 g/mol.